The van der Waals surface area contributed by atoms with Crippen molar-refractivity contribution in [2.24, 2.45) is 5.92 Å². The topological polar surface area (TPSA) is 59.2 Å². The summed E-state index contributed by atoms with van der Waals surface area (Å²) >= 11 is 5.91. The van der Waals surface area contributed by atoms with E-state index >= 15 is 0 Å². The third-order valence-electron chi connectivity index (χ3n) is 3.45. The summed E-state index contributed by atoms with van der Waals surface area (Å²) in [5, 5.41) is 0.334. The summed E-state index contributed by atoms with van der Waals surface area (Å²) in [5.41, 5.74) is 6.07. The summed E-state index contributed by atoms with van der Waals surface area (Å²) < 4.78 is 0. The van der Waals surface area contributed by atoms with Gasteiger partial charge in [-0.2, -0.15) is 0 Å². The molecule has 0 radical (unpaired) electrons. The van der Waals surface area contributed by atoms with E-state index < -0.39 is 0 Å². The largest absolute Gasteiger partial charge is 0.382 e. The predicted molar refractivity (Wildman–Crippen MR) is 72.6 cm³/mol. The van der Waals surface area contributed by atoms with Gasteiger partial charge in [-0.15, -0.1) is 0 Å². The molecule has 1 aliphatic rings. The third-order valence-corrected chi connectivity index (χ3v) is 3.75. The first kappa shape index (κ1) is 13.1. The molecule has 1 aliphatic heterocycles. The number of hydrogen-bond acceptors (Lipinski definition) is 3. The number of carbonyl (C=O) groups is 1. The molecular weight excluding hydrogens is 250 g/mol. The van der Waals surface area contributed by atoms with E-state index in [-0.39, 0.29) is 11.7 Å². The van der Waals surface area contributed by atoms with Crippen LogP contribution < -0.4 is 5.73 Å². The molecule has 1 unspecified atom stereocenters. The molecule has 4 nitrogen and oxygen atoms in total. The Bertz CT molecular complexity index is 462. The van der Waals surface area contributed by atoms with E-state index in [1.54, 1.807) is 6.07 Å². The molecule has 0 saturated carbocycles. The molecule has 2 rings (SSSR count). The van der Waals surface area contributed by atoms with Crippen molar-refractivity contribution in [1.82, 2.24) is 9.88 Å². The fourth-order valence-corrected chi connectivity index (χ4v) is 2.64. The van der Waals surface area contributed by atoms with Crippen molar-refractivity contribution in [1.29, 1.82) is 0 Å². The molecule has 1 fully saturated rings. The number of nitrogens with two attached hydrogens (primary N) is 1. The van der Waals surface area contributed by atoms with Crippen molar-refractivity contribution in [3.8, 4) is 0 Å². The number of hydrogen-bond donors (Lipinski definition) is 1. The number of aromatic nitrogens is 1. The van der Waals surface area contributed by atoms with Crippen LogP contribution in [0, 0.1) is 5.92 Å². The molecule has 98 valence electrons. The van der Waals surface area contributed by atoms with E-state index in [2.05, 4.69) is 18.8 Å². The second-order valence-corrected chi connectivity index (χ2v) is 5.45. The summed E-state index contributed by atoms with van der Waals surface area (Å²) in [5.74, 6) is 0.726. The minimum atomic E-state index is 0.000556. The number of nitrogens with zero attached hydrogens (tertiary/aromatic N) is 2. The number of pyridine rings is 1. The normalized spacial score (nSPS) is 19.6. The molecule has 0 aromatic carbocycles. The van der Waals surface area contributed by atoms with E-state index in [0.717, 1.165) is 19.4 Å². The molecular formula is C13H18ClN3O. The number of rotatable bonds is 2. The van der Waals surface area contributed by atoms with Crippen molar-refractivity contribution < 1.29 is 4.79 Å². The second kappa shape index (κ2) is 5.14. The zero-order chi connectivity index (χ0) is 13.3. The van der Waals surface area contributed by atoms with Crippen LogP contribution in [0.3, 0.4) is 0 Å². The van der Waals surface area contributed by atoms with Gasteiger partial charge in [-0.05, 0) is 24.8 Å². The van der Waals surface area contributed by atoms with Crippen molar-refractivity contribution >= 4 is 23.3 Å². The van der Waals surface area contributed by atoms with Gasteiger partial charge in [0.2, 0.25) is 0 Å². The quantitative estimate of drug-likeness (QED) is 0.896. The zero-order valence-corrected chi connectivity index (χ0v) is 11.4. The highest BCUT2D eigenvalue weighted by Crippen LogP contribution is 2.26. The first-order valence-electron chi connectivity index (χ1n) is 6.22. The van der Waals surface area contributed by atoms with Gasteiger partial charge < -0.3 is 10.6 Å². The van der Waals surface area contributed by atoms with Gasteiger partial charge in [-0.3, -0.25) is 4.79 Å². The predicted octanol–water partition coefficient (Wildman–Crippen LogP) is 2.58. The Balaban J connectivity index is 2.22. The lowest BCUT2D eigenvalue weighted by molar-refractivity contribution is 0.0701. The highest BCUT2D eigenvalue weighted by molar-refractivity contribution is 6.33. The molecule has 0 aliphatic carbocycles. The first-order chi connectivity index (χ1) is 8.50. The lowest BCUT2D eigenvalue weighted by Crippen LogP contribution is -2.38. The summed E-state index contributed by atoms with van der Waals surface area (Å²) in [7, 11) is 0. The third kappa shape index (κ3) is 2.43. The van der Waals surface area contributed by atoms with Gasteiger partial charge in [0.1, 0.15) is 5.82 Å². The fourth-order valence-electron chi connectivity index (χ4n) is 2.47. The maximum Gasteiger partial charge on any atom is 0.255 e. The number of anilines is 1. The number of likely N-dealkylation sites (tertiary alicyclic amines) is 1. The lowest BCUT2D eigenvalue weighted by atomic mass is 10.0. The summed E-state index contributed by atoms with van der Waals surface area (Å²) in [6, 6.07) is 1.91. The molecule has 1 amide bonds. The molecule has 1 saturated heterocycles. The van der Waals surface area contributed by atoms with Gasteiger partial charge in [-0.25, -0.2) is 4.98 Å². The summed E-state index contributed by atoms with van der Waals surface area (Å²) in [6.07, 6.45) is 3.63. The smallest absolute Gasteiger partial charge is 0.255 e. The highest BCUT2D eigenvalue weighted by atomic mass is 35.5. The van der Waals surface area contributed by atoms with Gasteiger partial charge in [0.25, 0.3) is 5.91 Å². The average molecular weight is 268 g/mol. The van der Waals surface area contributed by atoms with Crippen molar-refractivity contribution in [3.05, 3.63) is 22.8 Å². The van der Waals surface area contributed by atoms with Gasteiger partial charge >= 0.3 is 0 Å². The van der Waals surface area contributed by atoms with E-state index in [9.17, 15) is 4.79 Å². The molecule has 18 heavy (non-hydrogen) atoms. The van der Waals surface area contributed by atoms with E-state index in [1.165, 1.54) is 6.20 Å². The van der Waals surface area contributed by atoms with Crippen molar-refractivity contribution in [3.63, 3.8) is 0 Å². The van der Waals surface area contributed by atoms with Crippen LogP contribution in [-0.2, 0) is 0 Å². The summed E-state index contributed by atoms with van der Waals surface area (Å²) in [4.78, 5) is 18.3. The first-order valence-corrected chi connectivity index (χ1v) is 6.60. The van der Waals surface area contributed by atoms with Crippen LogP contribution in [-0.4, -0.2) is 28.4 Å². The Morgan fingerprint density at radius 1 is 1.61 bits per heavy atom. The monoisotopic (exact) mass is 267 g/mol. The van der Waals surface area contributed by atoms with Crippen molar-refractivity contribution in [2.45, 2.75) is 32.7 Å². The fraction of sp³-hybridized carbons (Fsp3) is 0.538. The SMILES string of the molecule is CC(C)C1CCCN1C(=O)c1cnc(N)c(Cl)c1. The number of amides is 1. The van der Waals surface area contributed by atoms with E-state index in [0.29, 0.717) is 22.5 Å². The van der Waals surface area contributed by atoms with Crippen molar-refractivity contribution in [2.75, 3.05) is 12.3 Å². The molecule has 1 atom stereocenters. The molecule has 2 N–H and O–H groups in total. The van der Waals surface area contributed by atoms with Gasteiger partial charge in [0.15, 0.2) is 0 Å². The molecule has 1 aromatic rings. The molecule has 2 heterocycles. The lowest BCUT2D eigenvalue weighted by Gasteiger charge is -2.27. The van der Waals surface area contributed by atoms with Crippen LogP contribution in [0.2, 0.25) is 5.02 Å². The Labute approximate surface area is 112 Å². The number of nitrogen functional groups attached to an aromatic ring is 1. The Kier molecular flexibility index (Phi) is 3.76. The maximum absolute atomic E-state index is 12.4. The van der Waals surface area contributed by atoms with Crippen LogP contribution in [0.25, 0.3) is 0 Å². The molecule has 5 heteroatoms. The van der Waals surface area contributed by atoms with Gasteiger partial charge in [0, 0.05) is 18.8 Å². The minimum absolute atomic E-state index is 0.000556. The molecule has 1 aromatic heterocycles. The second-order valence-electron chi connectivity index (χ2n) is 5.04. The number of halogens is 1. The van der Waals surface area contributed by atoms with Crippen LogP contribution in [0.4, 0.5) is 5.82 Å². The Morgan fingerprint density at radius 3 is 2.94 bits per heavy atom. The van der Waals surface area contributed by atoms with E-state index in [4.69, 9.17) is 17.3 Å². The Morgan fingerprint density at radius 2 is 2.33 bits per heavy atom. The van der Waals surface area contributed by atoms with Crippen LogP contribution in [0.1, 0.15) is 37.0 Å². The zero-order valence-electron chi connectivity index (χ0n) is 10.7. The van der Waals surface area contributed by atoms with Crippen LogP contribution >= 0.6 is 11.6 Å². The highest BCUT2D eigenvalue weighted by Gasteiger charge is 2.31. The van der Waals surface area contributed by atoms with Crippen LogP contribution in [0.15, 0.2) is 12.3 Å². The summed E-state index contributed by atoms with van der Waals surface area (Å²) in [6.45, 7) is 5.10. The molecule has 0 bridgehead atoms. The minimum Gasteiger partial charge on any atom is -0.382 e. The standard InChI is InChI=1S/C13H18ClN3O/c1-8(2)11-4-3-5-17(11)13(18)9-6-10(14)12(15)16-7-9/h6-8,11H,3-5H2,1-2H3,(H2,15,16). The van der Waals surface area contributed by atoms with Gasteiger partial charge in [0.05, 0.1) is 10.6 Å². The van der Waals surface area contributed by atoms with E-state index in [1.807, 2.05) is 4.90 Å². The Hall–Kier alpha value is -1.29. The van der Waals surface area contributed by atoms with Gasteiger partial charge in [-0.1, -0.05) is 25.4 Å². The number of carbonyl (C=O) groups excluding carboxylic acids is 1. The van der Waals surface area contributed by atoms with Crippen LogP contribution in [0.5, 0.6) is 0 Å². The average Bonchev–Trinajstić information content (AvgIpc) is 2.81. The molecule has 0 spiro atoms. The maximum atomic E-state index is 12.4.